The number of hydrogen-bond donors (Lipinski definition) is 1. The third-order valence-corrected chi connectivity index (χ3v) is 2.51. The van der Waals surface area contributed by atoms with E-state index in [-0.39, 0.29) is 6.79 Å². The van der Waals surface area contributed by atoms with Crippen LogP contribution in [-0.2, 0) is 4.74 Å². The molecule has 0 bridgehead atoms. The SMILES string of the molecule is CN/C=C(\N=C/CCl)c1ccc(Cl)cc1OCOC. The van der Waals surface area contributed by atoms with Gasteiger partial charge in [0.25, 0.3) is 0 Å². The van der Waals surface area contributed by atoms with Gasteiger partial charge in [-0.05, 0) is 18.2 Å². The highest BCUT2D eigenvalue weighted by Gasteiger charge is 2.09. The van der Waals surface area contributed by atoms with Crippen LogP contribution in [0.5, 0.6) is 5.75 Å². The fourth-order valence-corrected chi connectivity index (χ4v) is 1.63. The number of methoxy groups -OCH3 is 1. The fraction of sp³-hybridized carbons (Fsp3) is 0.308. The molecule has 0 saturated heterocycles. The molecule has 1 N–H and O–H groups in total. The number of aliphatic imine (C=N–C) groups is 1. The van der Waals surface area contributed by atoms with Crippen molar-refractivity contribution < 1.29 is 9.47 Å². The van der Waals surface area contributed by atoms with E-state index in [4.69, 9.17) is 32.7 Å². The number of ether oxygens (including phenoxy) is 2. The first kappa shape index (κ1) is 15.8. The third-order valence-electron chi connectivity index (χ3n) is 2.13. The van der Waals surface area contributed by atoms with Crippen molar-refractivity contribution in [1.82, 2.24) is 5.32 Å². The molecule has 6 heteroatoms. The van der Waals surface area contributed by atoms with Crippen molar-refractivity contribution in [3.63, 3.8) is 0 Å². The Labute approximate surface area is 123 Å². The largest absolute Gasteiger partial charge is 0.467 e. The van der Waals surface area contributed by atoms with Crippen LogP contribution in [0.15, 0.2) is 29.4 Å². The second kappa shape index (κ2) is 8.80. The van der Waals surface area contributed by atoms with Crippen molar-refractivity contribution in [1.29, 1.82) is 0 Å². The first-order chi connectivity index (χ1) is 9.22. The Bertz CT molecular complexity index is 462. The van der Waals surface area contributed by atoms with Crippen LogP contribution >= 0.6 is 23.2 Å². The van der Waals surface area contributed by atoms with Gasteiger partial charge in [-0.15, -0.1) is 11.6 Å². The first-order valence-corrected chi connectivity index (χ1v) is 6.51. The molecule has 0 amide bonds. The number of halogens is 2. The molecule has 0 heterocycles. The molecule has 0 fully saturated rings. The predicted octanol–water partition coefficient (Wildman–Crippen LogP) is 3.15. The van der Waals surface area contributed by atoms with Gasteiger partial charge in [-0.1, -0.05) is 11.6 Å². The lowest BCUT2D eigenvalue weighted by atomic mass is 10.1. The van der Waals surface area contributed by atoms with Gasteiger partial charge in [0.2, 0.25) is 0 Å². The van der Waals surface area contributed by atoms with Gasteiger partial charge in [0.15, 0.2) is 6.79 Å². The van der Waals surface area contributed by atoms with Crippen LogP contribution in [0.4, 0.5) is 0 Å². The molecule has 0 spiro atoms. The van der Waals surface area contributed by atoms with Gasteiger partial charge in [0.05, 0.1) is 11.6 Å². The molecule has 1 aromatic rings. The van der Waals surface area contributed by atoms with E-state index in [2.05, 4.69) is 10.3 Å². The topological polar surface area (TPSA) is 42.9 Å². The second-order valence-electron chi connectivity index (χ2n) is 3.48. The summed E-state index contributed by atoms with van der Waals surface area (Å²) in [7, 11) is 3.35. The smallest absolute Gasteiger partial charge is 0.188 e. The average molecular weight is 303 g/mol. The second-order valence-corrected chi connectivity index (χ2v) is 4.22. The standard InChI is InChI=1S/C13H16Cl2N2O2/c1-16-8-12(17-6-5-14)11-4-3-10(15)7-13(11)19-9-18-2/h3-4,6-8,16H,5,9H2,1-2H3/b12-8-,17-6-. The van der Waals surface area contributed by atoms with Crippen LogP contribution in [0.2, 0.25) is 5.02 Å². The van der Waals surface area contributed by atoms with Gasteiger partial charge < -0.3 is 14.8 Å². The summed E-state index contributed by atoms with van der Waals surface area (Å²) in [5.41, 5.74) is 1.50. The summed E-state index contributed by atoms with van der Waals surface area (Å²) in [6.45, 7) is 0.138. The third kappa shape index (κ3) is 5.11. The summed E-state index contributed by atoms with van der Waals surface area (Å²) in [6.07, 6.45) is 3.37. The normalized spacial score (nSPS) is 11.9. The zero-order valence-corrected chi connectivity index (χ0v) is 12.3. The summed E-state index contributed by atoms with van der Waals surface area (Å²) < 4.78 is 10.4. The van der Waals surface area contributed by atoms with E-state index in [0.29, 0.717) is 22.3 Å². The van der Waals surface area contributed by atoms with Gasteiger partial charge >= 0.3 is 0 Å². The van der Waals surface area contributed by atoms with Gasteiger partial charge in [-0.3, -0.25) is 4.99 Å². The van der Waals surface area contributed by atoms with Crippen LogP contribution in [0.3, 0.4) is 0 Å². The Morgan fingerprint density at radius 3 is 2.89 bits per heavy atom. The zero-order valence-electron chi connectivity index (χ0n) is 10.8. The summed E-state index contributed by atoms with van der Waals surface area (Å²) in [5, 5.41) is 3.52. The summed E-state index contributed by atoms with van der Waals surface area (Å²) in [6, 6.07) is 5.33. The first-order valence-electron chi connectivity index (χ1n) is 5.60. The molecule has 1 aromatic carbocycles. The maximum atomic E-state index is 5.97. The van der Waals surface area contributed by atoms with Crippen LogP contribution in [-0.4, -0.2) is 33.0 Å². The molecule has 0 aliphatic rings. The Hall–Kier alpha value is -1.23. The highest BCUT2D eigenvalue weighted by atomic mass is 35.5. The van der Waals surface area contributed by atoms with Crippen LogP contribution < -0.4 is 10.1 Å². The minimum Gasteiger partial charge on any atom is -0.467 e. The summed E-state index contributed by atoms with van der Waals surface area (Å²) in [5.74, 6) is 0.936. The molecular formula is C13H16Cl2N2O2. The summed E-state index contributed by atoms with van der Waals surface area (Å²) in [4.78, 5) is 4.28. The van der Waals surface area contributed by atoms with Gasteiger partial charge in [0, 0.05) is 37.2 Å². The van der Waals surface area contributed by atoms with Crippen molar-refractivity contribution in [2.75, 3.05) is 26.8 Å². The molecule has 0 saturated carbocycles. The quantitative estimate of drug-likeness (QED) is 0.478. The molecule has 0 aliphatic heterocycles. The fourth-order valence-electron chi connectivity index (χ4n) is 1.40. The Kier molecular flexibility index (Phi) is 7.33. The molecule has 0 radical (unpaired) electrons. The van der Waals surface area contributed by atoms with Crippen molar-refractivity contribution in [3.05, 3.63) is 35.0 Å². The highest BCUT2D eigenvalue weighted by Crippen LogP contribution is 2.29. The van der Waals surface area contributed by atoms with E-state index < -0.39 is 0 Å². The van der Waals surface area contributed by atoms with Gasteiger partial charge in [0.1, 0.15) is 5.75 Å². The number of rotatable bonds is 7. The van der Waals surface area contributed by atoms with Crippen molar-refractivity contribution in [2.45, 2.75) is 0 Å². The number of benzene rings is 1. The number of nitrogens with one attached hydrogen (secondary N) is 1. The molecule has 0 aliphatic carbocycles. The van der Waals surface area contributed by atoms with E-state index in [1.165, 1.54) is 0 Å². The highest BCUT2D eigenvalue weighted by molar-refractivity contribution is 6.30. The number of nitrogens with zero attached hydrogens (tertiary/aromatic N) is 1. The van der Waals surface area contributed by atoms with Crippen molar-refractivity contribution >= 4 is 35.1 Å². The van der Waals surface area contributed by atoms with E-state index in [9.17, 15) is 0 Å². The van der Waals surface area contributed by atoms with Gasteiger partial charge in [-0.2, -0.15) is 0 Å². The maximum absolute atomic E-state index is 5.97. The minimum atomic E-state index is 0.138. The van der Waals surface area contributed by atoms with Crippen LogP contribution in [0, 0.1) is 0 Å². The number of hydrogen-bond acceptors (Lipinski definition) is 4. The van der Waals surface area contributed by atoms with Gasteiger partial charge in [-0.25, -0.2) is 0 Å². The monoisotopic (exact) mass is 302 g/mol. The Morgan fingerprint density at radius 1 is 1.47 bits per heavy atom. The molecule has 19 heavy (non-hydrogen) atoms. The molecule has 1 rings (SSSR count). The van der Waals surface area contributed by atoms with Crippen LogP contribution in [0.1, 0.15) is 5.56 Å². The molecular weight excluding hydrogens is 287 g/mol. The van der Waals surface area contributed by atoms with Crippen LogP contribution in [0.25, 0.3) is 5.70 Å². The van der Waals surface area contributed by atoms with E-state index in [1.807, 2.05) is 6.07 Å². The zero-order chi connectivity index (χ0) is 14.1. The van der Waals surface area contributed by atoms with Crippen molar-refractivity contribution in [2.24, 2.45) is 4.99 Å². The molecule has 0 atom stereocenters. The lowest BCUT2D eigenvalue weighted by Gasteiger charge is -2.11. The Balaban J connectivity index is 3.13. The summed E-state index contributed by atoms with van der Waals surface area (Å²) >= 11 is 11.6. The lowest BCUT2D eigenvalue weighted by molar-refractivity contribution is 0.0509. The van der Waals surface area contributed by atoms with E-state index >= 15 is 0 Å². The molecule has 0 unspecified atom stereocenters. The Morgan fingerprint density at radius 2 is 2.26 bits per heavy atom. The predicted molar refractivity (Wildman–Crippen MR) is 80.2 cm³/mol. The minimum absolute atomic E-state index is 0.138. The molecule has 0 aromatic heterocycles. The molecule has 104 valence electrons. The van der Waals surface area contributed by atoms with E-state index in [1.54, 1.807) is 38.7 Å². The average Bonchev–Trinajstić information content (AvgIpc) is 2.41. The number of alkyl halides is 1. The van der Waals surface area contributed by atoms with E-state index in [0.717, 1.165) is 5.56 Å². The lowest BCUT2D eigenvalue weighted by Crippen LogP contribution is -2.03. The molecule has 4 nitrogen and oxygen atoms in total. The maximum Gasteiger partial charge on any atom is 0.188 e. The van der Waals surface area contributed by atoms with Crippen molar-refractivity contribution in [3.8, 4) is 5.75 Å².